The molecule has 0 aromatic heterocycles. The van der Waals surface area contributed by atoms with E-state index < -0.39 is 11.9 Å². The fourth-order valence-corrected chi connectivity index (χ4v) is 0.555. The van der Waals surface area contributed by atoms with Crippen LogP contribution in [0.3, 0.4) is 0 Å². The van der Waals surface area contributed by atoms with E-state index in [0.29, 0.717) is 6.41 Å². The van der Waals surface area contributed by atoms with Crippen molar-refractivity contribution in [3.63, 3.8) is 0 Å². The first-order valence-corrected chi connectivity index (χ1v) is 3.18. The smallest absolute Gasteiger partial charge is 0.308 e. The average Bonchev–Trinajstić information content (AvgIpc) is 1.99. The van der Waals surface area contributed by atoms with E-state index in [-0.39, 0.29) is 6.54 Å². The first-order valence-electron chi connectivity index (χ1n) is 3.18. The lowest BCUT2D eigenvalue weighted by atomic mass is 10.2. The number of carbonyl (C=O) groups excluding carboxylic acids is 1. The summed E-state index contributed by atoms with van der Waals surface area (Å²) >= 11 is 0. The Morgan fingerprint density at radius 2 is 2.36 bits per heavy atom. The molecular formula is C7H11NO3. The summed E-state index contributed by atoms with van der Waals surface area (Å²) in [4.78, 5) is 21.6. The number of nitrogens with zero attached hydrogens (tertiary/aromatic N) is 1. The van der Waals surface area contributed by atoms with Crippen molar-refractivity contribution in [3.05, 3.63) is 12.8 Å². The highest BCUT2D eigenvalue weighted by Crippen LogP contribution is 1.97. The predicted octanol–water partition coefficient (Wildman–Crippen LogP) is 0.309. The molecule has 0 radical (unpaired) electrons. The normalized spacial score (nSPS) is 11.7. The molecular weight excluding hydrogens is 146 g/mol. The van der Waals surface area contributed by atoms with E-state index in [9.17, 15) is 9.59 Å². The van der Waals surface area contributed by atoms with E-state index in [0.717, 1.165) is 0 Å². The van der Waals surface area contributed by atoms with Crippen LogP contribution in [0.2, 0.25) is 0 Å². The molecule has 11 heavy (non-hydrogen) atoms. The van der Waals surface area contributed by atoms with Gasteiger partial charge in [-0.15, -0.1) is 0 Å². The van der Waals surface area contributed by atoms with Gasteiger partial charge in [-0.25, -0.2) is 0 Å². The van der Waals surface area contributed by atoms with Crippen molar-refractivity contribution in [2.24, 2.45) is 5.92 Å². The van der Waals surface area contributed by atoms with Crippen LogP contribution in [0.1, 0.15) is 6.92 Å². The van der Waals surface area contributed by atoms with Crippen molar-refractivity contribution >= 4 is 12.4 Å². The second-order valence-corrected chi connectivity index (χ2v) is 2.22. The Kier molecular flexibility index (Phi) is 3.95. The Bertz CT molecular complexity index is 159. The number of carboxylic acids is 1. The summed E-state index contributed by atoms with van der Waals surface area (Å²) in [7, 11) is 0. The summed E-state index contributed by atoms with van der Waals surface area (Å²) in [6, 6.07) is 0. The van der Waals surface area contributed by atoms with Crippen molar-refractivity contribution in [2.75, 3.05) is 6.54 Å². The molecule has 0 bridgehead atoms. The summed E-state index contributed by atoms with van der Waals surface area (Å²) in [6.07, 6.45) is 1.85. The quantitative estimate of drug-likeness (QED) is 0.584. The van der Waals surface area contributed by atoms with E-state index >= 15 is 0 Å². The van der Waals surface area contributed by atoms with Gasteiger partial charge < -0.3 is 10.0 Å². The van der Waals surface area contributed by atoms with Crippen LogP contribution >= 0.6 is 0 Å². The molecule has 0 heterocycles. The van der Waals surface area contributed by atoms with Crippen LogP contribution in [-0.2, 0) is 9.59 Å². The zero-order valence-electron chi connectivity index (χ0n) is 6.36. The van der Waals surface area contributed by atoms with E-state index in [1.54, 1.807) is 0 Å². The van der Waals surface area contributed by atoms with Gasteiger partial charge in [0.15, 0.2) is 0 Å². The third kappa shape index (κ3) is 3.40. The van der Waals surface area contributed by atoms with E-state index in [2.05, 4.69) is 6.58 Å². The minimum absolute atomic E-state index is 0.169. The van der Waals surface area contributed by atoms with Crippen LogP contribution < -0.4 is 0 Å². The highest BCUT2D eigenvalue weighted by Gasteiger charge is 2.12. The van der Waals surface area contributed by atoms with Gasteiger partial charge in [0.25, 0.3) is 0 Å². The van der Waals surface area contributed by atoms with Gasteiger partial charge in [0.05, 0.1) is 5.92 Å². The van der Waals surface area contributed by atoms with Gasteiger partial charge in [0.2, 0.25) is 6.41 Å². The molecule has 0 aromatic carbocycles. The Balaban J connectivity index is 3.90. The van der Waals surface area contributed by atoms with Crippen molar-refractivity contribution < 1.29 is 14.7 Å². The molecule has 0 aliphatic heterocycles. The van der Waals surface area contributed by atoms with Crippen molar-refractivity contribution in [3.8, 4) is 0 Å². The molecule has 1 amide bonds. The van der Waals surface area contributed by atoms with Gasteiger partial charge in [-0.3, -0.25) is 9.59 Å². The molecule has 0 fully saturated rings. The lowest BCUT2D eigenvalue weighted by molar-refractivity contribution is -0.141. The summed E-state index contributed by atoms with van der Waals surface area (Å²) in [5, 5.41) is 8.45. The molecule has 0 aromatic rings. The highest BCUT2D eigenvalue weighted by atomic mass is 16.4. The number of hydrogen-bond acceptors (Lipinski definition) is 2. The molecule has 1 N–H and O–H groups in total. The van der Waals surface area contributed by atoms with Crippen LogP contribution in [0.5, 0.6) is 0 Å². The summed E-state index contributed by atoms with van der Waals surface area (Å²) < 4.78 is 0. The minimum Gasteiger partial charge on any atom is -0.481 e. The van der Waals surface area contributed by atoms with Crippen molar-refractivity contribution in [1.82, 2.24) is 4.90 Å². The van der Waals surface area contributed by atoms with Gasteiger partial charge >= 0.3 is 5.97 Å². The van der Waals surface area contributed by atoms with Gasteiger partial charge in [-0.2, -0.15) is 0 Å². The lowest BCUT2D eigenvalue weighted by Gasteiger charge is -2.13. The van der Waals surface area contributed by atoms with Crippen LogP contribution in [0, 0.1) is 5.92 Å². The molecule has 0 saturated heterocycles. The van der Waals surface area contributed by atoms with Gasteiger partial charge in [0, 0.05) is 6.54 Å². The van der Waals surface area contributed by atoms with Crippen LogP contribution in [0.15, 0.2) is 12.8 Å². The molecule has 4 heteroatoms. The molecule has 1 atom stereocenters. The first kappa shape index (κ1) is 9.68. The topological polar surface area (TPSA) is 57.6 Å². The largest absolute Gasteiger partial charge is 0.481 e. The lowest BCUT2D eigenvalue weighted by Crippen LogP contribution is -2.26. The molecule has 62 valence electrons. The Labute approximate surface area is 65.1 Å². The number of carboxylic acid groups (broad SMARTS) is 1. The number of carbonyl (C=O) groups is 2. The molecule has 0 aliphatic rings. The molecule has 4 nitrogen and oxygen atoms in total. The third-order valence-corrected chi connectivity index (χ3v) is 1.28. The maximum atomic E-state index is 10.3. The predicted molar refractivity (Wildman–Crippen MR) is 39.8 cm³/mol. The van der Waals surface area contributed by atoms with Crippen LogP contribution in [0.4, 0.5) is 0 Å². The SMILES string of the molecule is C=CN(C=O)CC(C)C(=O)O. The zero-order chi connectivity index (χ0) is 8.85. The minimum atomic E-state index is -0.918. The first-order chi connectivity index (χ1) is 5.11. The fourth-order valence-electron chi connectivity index (χ4n) is 0.555. The average molecular weight is 157 g/mol. The molecule has 0 saturated carbocycles. The summed E-state index contributed by atoms with van der Waals surface area (Å²) in [5.74, 6) is -1.48. The van der Waals surface area contributed by atoms with E-state index in [4.69, 9.17) is 5.11 Å². The van der Waals surface area contributed by atoms with Crippen LogP contribution in [-0.4, -0.2) is 28.9 Å². The van der Waals surface area contributed by atoms with E-state index in [1.165, 1.54) is 18.0 Å². The Hall–Kier alpha value is -1.32. The number of aliphatic carboxylic acids is 1. The van der Waals surface area contributed by atoms with Gasteiger partial charge in [0.1, 0.15) is 0 Å². The highest BCUT2D eigenvalue weighted by molar-refractivity contribution is 5.70. The number of hydrogen-bond donors (Lipinski definition) is 1. The summed E-state index contributed by atoms with van der Waals surface area (Å²) in [5.41, 5.74) is 0. The maximum absolute atomic E-state index is 10.3. The Morgan fingerprint density at radius 3 is 2.64 bits per heavy atom. The monoisotopic (exact) mass is 157 g/mol. The third-order valence-electron chi connectivity index (χ3n) is 1.28. The second kappa shape index (κ2) is 4.49. The van der Waals surface area contributed by atoms with Crippen LogP contribution in [0.25, 0.3) is 0 Å². The number of amides is 1. The molecule has 1 unspecified atom stereocenters. The number of rotatable bonds is 5. The molecule has 0 rings (SSSR count). The van der Waals surface area contributed by atoms with E-state index in [1.807, 2.05) is 0 Å². The van der Waals surface area contributed by atoms with Gasteiger partial charge in [-0.1, -0.05) is 13.5 Å². The second-order valence-electron chi connectivity index (χ2n) is 2.22. The zero-order valence-corrected chi connectivity index (χ0v) is 6.36. The Morgan fingerprint density at radius 1 is 1.82 bits per heavy atom. The summed E-state index contributed by atoms with van der Waals surface area (Å²) in [6.45, 7) is 5.05. The molecule has 0 spiro atoms. The molecule has 0 aliphatic carbocycles. The fraction of sp³-hybridized carbons (Fsp3) is 0.429. The van der Waals surface area contributed by atoms with Crippen molar-refractivity contribution in [2.45, 2.75) is 6.92 Å². The van der Waals surface area contributed by atoms with Gasteiger partial charge in [-0.05, 0) is 6.20 Å². The standard InChI is InChI=1S/C7H11NO3/c1-3-8(5-9)4-6(2)7(10)11/h3,5-6H,1,4H2,2H3,(H,10,11). The maximum Gasteiger partial charge on any atom is 0.308 e. The van der Waals surface area contributed by atoms with Crippen molar-refractivity contribution in [1.29, 1.82) is 0 Å².